The van der Waals surface area contributed by atoms with Crippen molar-refractivity contribution in [3.63, 3.8) is 0 Å². The van der Waals surface area contributed by atoms with E-state index in [1.807, 2.05) is 13.0 Å². The van der Waals surface area contributed by atoms with Crippen LogP contribution in [0.4, 0.5) is 22.7 Å². The van der Waals surface area contributed by atoms with Gasteiger partial charge in [0.1, 0.15) is 0 Å². The maximum atomic E-state index is 11.7. The van der Waals surface area contributed by atoms with Gasteiger partial charge in [-0.2, -0.15) is 0 Å². The first kappa shape index (κ1) is 18.9. The lowest BCUT2D eigenvalue weighted by Crippen LogP contribution is -2.01. The number of aliphatic imine (C=N–C) groups is 1. The van der Waals surface area contributed by atoms with Crippen molar-refractivity contribution in [3.8, 4) is 11.1 Å². The van der Waals surface area contributed by atoms with Gasteiger partial charge < -0.3 is 0 Å². The highest BCUT2D eigenvalue weighted by atomic mass is 16.6. The Morgan fingerprint density at radius 3 is 2.07 bits per heavy atom. The van der Waals surface area contributed by atoms with Gasteiger partial charge in [0.2, 0.25) is 0 Å². The molecule has 0 radical (unpaired) electrons. The van der Waals surface area contributed by atoms with Crippen LogP contribution < -0.4 is 0 Å². The summed E-state index contributed by atoms with van der Waals surface area (Å²) in [6.07, 6.45) is 0. The summed E-state index contributed by atoms with van der Waals surface area (Å²) in [5, 5.41) is 34.3. The van der Waals surface area contributed by atoms with Crippen LogP contribution in [0.15, 0.2) is 59.6 Å². The summed E-state index contributed by atoms with van der Waals surface area (Å²) in [6, 6.07) is 13.1. The molecule has 0 aliphatic heterocycles. The SMILES string of the molecule is Cc1cccc(/N=C2\c3cc([N+](=O)[O-])ccc3-c3c2cc([N+](=O)[O-])cc3[N+](=O)[O-])c1. The standard InChI is InChI=1S/C20H12N4O6/c1-11-3-2-4-12(7-11)21-20-16-8-13(22(25)26)5-6-15(16)19-17(20)9-14(23(27)28)10-18(19)24(29)30/h2-10H,1H3/b21-20+. The van der Waals surface area contributed by atoms with E-state index in [9.17, 15) is 30.3 Å². The second-order valence-electron chi connectivity index (χ2n) is 6.69. The fourth-order valence-corrected chi connectivity index (χ4v) is 3.48. The molecule has 0 N–H and O–H groups in total. The number of nitro groups is 3. The molecular formula is C20H12N4O6. The largest absolute Gasteiger partial charge is 0.284 e. The van der Waals surface area contributed by atoms with Crippen LogP contribution in [0, 0.1) is 37.3 Å². The van der Waals surface area contributed by atoms with E-state index >= 15 is 0 Å². The van der Waals surface area contributed by atoms with Crippen molar-refractivity contribution >= 4 is 28.5 Å². The molecule has 0 aromatic heterocycles. The lowest BCUT2D eigenvalue weighted by atomic mass is 10.0. The molecule has 0 amide bonds. The van der Waals surface area contributed by atoms with Crippen molar-refractivity contribution in [1.82, 2.24) is 0 Å². The van der Waals surface area contributed by atoms with Gasteiger partial charge in [-0.05, 0) is 36.2 Å². The molecule has 10 heteroatoms. The van der Waals surface area contributed by atoms with Crippen molar-refractivity contribution in [2.45, 2.75) is 6.92 Å². The molecule has 1 aliphatic rings. The molecule has 0 bridgehead atoms. The number of fused-ring (bicyclic) bond motifs is 3. The number of hydrogen-bond donors (Lipinski definition) is 0. The van der Waals surface area contributed by atoms with Crippen LogP contribution in [0.3, 0.4) is 0 Å². The van der Waals surface area contributed by atoms with Gasteiger partial charge in [-0.25, -0.2) is 4.99 Å². The van der Waals surface area contributed by atoms with E-state index in [0.717, 1.165) is 11.6 Å². The zero-order valence-electron chi connectivity index (χ0n) is 15.4. The molecule has 1 aliphatic carbocycles. The van der Waals surface area contributed by atoms with Gasteiger partial charge >= 0.3 is 0 Å². The molecular weight excluding hydrogens is 392 g/mol. The van der Waals surface area contributed by atoms with Crippen LogP contribution >= 0.6 is 0 Å². The topological polar surface area (TPSA) is 142 Å². The van der Waals surface area contributed by atoms with Gasteiger partial charge in [-0.15, -0.1) is 0 Å². The van der Waals surface area contributed by atoms with Crippen LogP contribution in [-0.4, -0.2) is 20.5 Å². The normalized spacial score (nSPS) is 13.0. The fraction of sp³-hybridized carbons (Fsp3) is 0.0500. The Labute approximate surface area is 168 Å². The van der Waals surface area contributed by atoms with Crippen LogP contribution in [0.2, 0.25) is 0 Å². The molecule has 30 heavy (non-hydrogen) atoms. The number of nitrogens with zero attached hydrogens (tertiary/aromatic N) is 4. The summed E-state index contributed by atoms with van der Waals surface area (Å²) < 4.78 is 0. The summed E-state index contributed by atoms with van der Waals surface area (Å²) in [5.41, 5.74) is 1.53. The first-order valence-electron chi connectivity index (χ1n) is 8.68. The van der Waals surface area contributed by atoms with Gasteiger partial charge in [-0.3, -0.25) is 30.3 Å². The third kappa shape index (κ3) is 3.05. The van der Waals surface area contributed by atoms with E-state index in [1.165, 1.54) is 24.3 Å². The quantitative estimate of drug-likeness (QED) is 0.351. The maximum Gasteiger partial charge on any atom is 0.284 e. The predicted molar refractivity (Wildman–Crippen MR) is 108 cm³/mol. The van der Waals surface area contributed by atoms with Crippen LogP contribution in [0.5, 0.6) is 0 Å². The average Bonchev–Trinajstić information content (AvgIpc) is 3.00. The maximum absolute atomic E-state index is 11.7. The lowest BCUT2D eigenvalue weighted by Gasteiger charge is -2.04. The van der Waals surface area contributed by atoms with Crippen LogP contribution in [-0.2, 0) is 0 Å². The summed E-state index contributed by atoms with van der Waals surface area (Å²) in [4.78, 5) is 36.8. The van der Waals surface area contributed by atoms with Crippen molar-refractivity contribution in [2.24, 2.45) is 4.99 Å². The Bertz CT molecular complexity index is 1300. The van der Waals surface area contributed by atoms with Gasteiger partial charge in [0.05, 0.1) is 37.8 Å². The molecule has 0 saturated heterocycles. The Hall–Kier alpha value is -4.47. The summed E-state index contributed by atoms with van der Waals surface area (Å²) in [6.45, 7) is 1.86. The highest BCUT2D eigenvalue weighted by molar-refractivity contribution is 6.27. The first-order valence-corrected chi connectivity index (χ1v) is 8.68. The third-order valence-electron chi connectivity index (χ3n) is 4.75. The number of hydrogen-bond acceptors (Lipinski definition) is 7. The Kier molecular flexibility index (Phi) is 4.31. The second-order valence-corrected chi connectivity index (χ2v) is 6.69. The fourth-order valence-electron chi connectivity index (χ4n) is 3.48. The van der Waals surface area contributed by atoms with Crippen LogP contribution in [0.25, 0.3) is 11.1 Å². The number of non-ortho nitro benzene ring substituents is 2. The van der Waals surface area contributed by atoms with E-state index in [-0.39, 0.29) is 22.5 Å². The molecule has 4 rings (SSSR count). The number of benzene rings is 3. The van der Waals surface area contributed by atoms with Gasteiger partial charge in [0.15, 0.2) is 0 Å². The van der Waals surface area contributed by atoms with E-state index in [4.69, 9.17) is 0 Å². The zero-order valence-corrected chi connectivity index (χ0v) is 15.4. The van der Waals surface area contributed by atoms with E-state index in [2.05, 4.69) is 4.99 Å². The average molecular weight is 404 g/mol. The molecule has 10 nitrogen and oxygen atoms in total. The molecule has 3 aromatic carbocycles. The monoisotopic (exact) mass is 404 g/mol. The highest BCUT2D eigenvalue weighted by Gasteiger charge is 2.35. The van der Waals surface area contributed by atoms with Gasteiger partial charge in [0.25, 0.3) is 17.1 Å². The summed E-state index contributed by atoms with van der Waals surface area (Å²) in [5.74, 6) is 0. The summed E-state index contributed by atoms with van der Waals surface area (Å²) in [7, 11) is 0. The van der Waals surface area contributed by atoms with E-state index in [1.54, 1.807) is 18.2 Å². The molecule has 0 fully saturated rings. The zero-order chi connectivity index (χ0) is 21.6. The van der Waals surface area contributed by atoms with Gasteiger partial charge in [-0.1, -0.05) is 12.1 Å². The van der Waals surface area contributed by atoms with E-state index in [0.29, 0.717) is 16.8 Å². The molecule has 0 unspecified atom stereocenters. The molecule has 3 aromatic rings. The highest BCUT2D eigenvalue weighted by Crippen LogP contribution is 2.46. The Balaban J connectivity index is 2.09. The molecule has 0 spiro atoms. The molecule has 0 atom stereocenters. The lowest BCUT2D eigenvalue weighted by molar-refractivity contribution is -0.393. The molecule has 0 saturated carbocycles. The molecule has 0 heterocycles. The minimum Gasteiger partial charge on any atom is -0.258 e. The minimum atomic E-state index is -0.719. The van der Waals surface area contributed by atoms with E-state index < -0.39 is 26.1 Å². The van der Waals surface area contributed by atoms with Gasteiger partial charge in [0, 0.05) is 29.3 Å². The first-order chi connectivity index (χ1) is 14.3. The number of aryl methyl sites for hydroxylation is 1. The van der Waals surface area contributed by atoms with Crippen LogP contribution in [0.1, 0.15) is 16.7 Å². The second kappa shape index (κ2) is 6.85. The van der Waals surface area contributed by atoms with Crippen molar-refractivity contribution in [2.75, 3.05) is 0 Å². The smallest absolute Gasteiger partial charge is 0.258 e. The number of nitro benzene ring substituents is 3. The van der Waals surface area contributed by atoms with Crippen molar-refractivity contribution < 1.29 is 14.8 Å². The van der Waals surface area contributed by atoms with Crippen molar-refractivity contribution in [3.05, 3.63) is 102 Å². The third-order valence-corrected chi connectivity index (χ3v) is 4.75. The minimum absolute atomic E-state index is 0.155. The predicted octanol–water partition coefficient (Wildman–Crippen LogP) is 4.87. The molecule has 148 valence electrons. The summed E-state index contributed by atoms with van der Waals surface area (Å²) >= 11 is 0. The van der Waals surface area contributed by atoms with Crippen molar-refractivity contribution in [1.29, 1.82) is 0 Å². The Morgan fingerprint density at radius 1 is 0.733 bits per heavy atom. The number of rotatable bonds is 4. The Morgan fingerprint density at radius 2 is 1.43 bits per heavy atom.